The number of ether oxygens (including phenoxy) is 2. The number of hydrogen-bond donors (Lipinski definition) is 2. The summed E-state index contributed by atoms with van der Waals surface area (Å²) in [6.45, 7) is 4.48. The lowest BCUT2D eigenvalue weighted by molar-refractivity contribution is -0.127. The van der Waals surface area contributed by atoms with Gasteiger partial charge in [-0.2, -0.15) is 0 Å². The van der Waals surface area contributed by atoms with E-state index in [1.54, 1.807) is 50.2 Å². The van der Waals surface area contributed by atoms with E-state index in [-0.39, 0.29) is 11.8 Å². The van der Waals surface area contributed by atoms with Gasteiger partial charge in [-0.3, -0.25) is 9.59 Å². The van der Waals surface area contributed by atoms with Crippen LogP contribution in [0.1, 0.15) is 46.0 Å². The molecule has 192 valence electrons. The number of amides is 2. The van der Waals surface area contributed by atoms with Gasteiger partial charge in [-0.05, 0) is 63.1 Å². The number of unbranched alkanes of at least 4 members (excludes halogenated alkanes) is 4. The van der Waals surface area contributed by atoms with Crippen molar-refractivity contribution in [3.63, 3.8) is 0 Å². The van der Waals surface area contributed by atoms with Gasteiger partial charge in [0.05, 0.1) is 10.0 Å². The van der Waals surface area contributed by atoms with Gasteiger partial charge in [0.15, 0.2) is 12.2 Å². The molecule has 0 aliphatic carbocycles. The second-order valence-electron chi connectivity index (χ2n) is 8.02. The van der Waals surface area contributed by atoms with Gasteiger partial charge >= 0.3 is 0 Å². The number of rotatable bonds is 14. The van der Waals surface area contributed by atoms with Crippen molar-refractivity contribution in [2.75, 3.05) is 13.1 Å². The largest absolute Gasteiger partial charge is 0.479 e. The molecule has 10 heteroatoms. The third-order valence-electron chi connectivity index (χ3n) is 5.09. The number of hydrogen-bond acceptors (Lipinski definition) is 4. The second kappa shape index (κ2) is 15.3. The lowest BCUT2D eigenvalue weighted by Gasteiger charge is -2.16. The molecule has 2 aromatic rings. The van der Waals surface area contributed by atoms with Crippen LogP contribution in [0, 0.1) is 0 Å². The molecule has 2 unspecified atom stereocenters. The van der Waals surface area contributed by atoms with Gasteiger partial charge in [-0.1, -0.05) is 65.7 Å². The number of halogens is 4. The molecule has 6 nitrogen and oxygen atoms in total. The summed E-state index contributed by atoms with van der Waals surface area (Å²) in [5.41, 5.74) is 0. The molecule has 0 heterocycles. The Morgan fingerprint density at radius 1 is 0.686 bits per heavy atom. The molecule has 0 aliphatic heterocycles. The molecule has 0 spiro atoms. The van der Waals surface area contributed by atoms with Crippen LogP contribution in [0.15, 0.2) is 36.4 Å². The van der Waals surface area contributed by atoms with E-state index in [2.05, 4.69) is 10.6 Å². The molecule has 2 N–H and O–H groups in total. The average molecular weight is 564 g/mol. The molecule has 0 fully saturated rings. The molecule has 2 aromatic carbocycles. The van der Waals surface area contributed by atoms with E-state index in [4.69, 9.17) is 55.9 Å². The average Bonchev–Trinajstić information content (AvgIpc) is 2.81. The monoisotopic (exact) mass is 562 g/mol. The van der Waals surface area contributed by atoms with Gasteiger partial charge in [0, 0.05) is 23.1 Å². The SMILES string of the molecule is CC(Oc1ccc(Cl)cc1Cl)C(=O)NCCCCCCCNC(=O)C(C)Oc1ccc(Cl)cc1Cl. The maximum absolute atomic E-state index is 12.2. The number of nitrogens with one attached hydrogen (secondary N) is 2. The quantitative estimate of drug-likeness (QED) is 0.250. The number of carbonyl (C=O) groups excluding carboxylic acids is 2. The molecule has 2 amide bonds. The maximum atomic E-state index is 12.2. The Morgan fingerprint density at radius 2 is 1.06 bits per heavy atom. The van der Waals surface area contributed by atoms with Crippen LogP contribution >= 0.6 is 46.4 Å². The van der Waals surface area contributed by atoms with Crippen LogP contribution in [0.3, 0.4) is 0 Å². The first kappa shape index (κ1) is 29.4. The summed E-state index contributed by atoms with van der Waals surface area (Å²) in [7, 11) is 0. The van der Waals surface area contributed by atoms with Crippen LogP contribution in [0.25, 0.3) is 0 Å². The van der Waals surface area contributed by atoms with Gasteiger partial charge in [0.2, 0.25) is 0 Å². The highest BCUT2D eigenvalue weighted by molar-refractivity contribution is 6.36. The Morgan fingerprint density at radius 3 is 1.43 bits per heavy atom. The molecule has 0 aliphatic rings. The van der Waals surface area contributed by atoms with Crippen LogP contribution in [0.4, 0.5) is 0 Å². The summed E-state index contributed by atoms with van der Waals surface area (Å²) in [6.07, 6.45) is 3.34. The first-order valence-electron chi connectivity index (χ1n) is 11.5. The van der Waals surface area contributed by atoms with Gasteiger partial charge in [-0.15, -0.1) is 0 Å². The summed E-state index contributed by atoms with van der Waals surface area (Å²) in [4.78, 5) is 24.4. The van der Waals surface area contributed by atoms with Gasteiger partial charge < -0.3 is 20.1 Å². The van der Waals surface area contributed by atoms with E-state index in [1.807, 2.05) is 0 Å². The number of benzene rings is 2. The lowest BCUT2D eigenvalue weighted by Crippen LogP contribution is -2.37. The first-order chi connectivity index (χ1) is 16.7. The molecule has 2 rings (SSSR count). The molecule has 0 saturated carbocycles. The van der Waals surface area contributed by atoms with Gasteiger partial charge in [0.1, 0.15) is 11.5 Å². The van der Waals surface area contributed by atoms with Crippen LogP contribution in [-0.2, 0) is 9.59 Å². The van der Waals surface area contributed by atoms with Gasteiger partial charge in [-0.25, -0.2) is 0 Å². The van der Waals surface area contributed by atoms with E-state index in [9.17, 15) is 9.59 Å². The Hall–Kier alpha value is -1.86. The van der Waals surface area contributed by atoms with Crippen molar-refractivity contribution in [3.8, 4) is 11.5 Å². The first-order valence-corrected chi connectivity index (χ1v) is 13.0. The summed E-state index contributed by atoms with van der Waals surface area (Å²) >= 11 is 23.9. The van der Waals surface area contributed by atoms with E-state index in [0.29, 0.717) is 44.7 Å². The van der Waals surface area contributed by atoms with Crippen molar-refractivity contribution in [3.05, 3.63) is 56.5 Å². The Kier molecular flexibility index (Phi) is 12.8. The summed E-state index contributed by atoms with van der Waals surface area (Å²) < 4.78 is 11.2. The molecule has 0 radical (unpaired) electrons. The zero-order chi connectivity index (χ0) is 25.8. The Bertz CT molecular complexity index is 912. The van der Waals surface area contributed by atoms with E-state index in [0.717, 1.165) is 32.1 Å². The predicted octanol–water partition coefficient (Wildman–Crippen LogP) is 6.72. The van der Waals surface area contributed by atoms with Crippen molar-refractivity contribution in [1.29, 1.82) is 0 Å². The minimum absolute atomic E-state index is 0.199. The highest BCUT2D eigenvalue weighted by Crippen LogP contribution is 2.29. The molecular formula is C25H30Cl4N2O4. The van der Waals surface area contributed by atoms with Crippen molar-refractivity contribution in [1.82, 2.24) is 10.6 Å². The predicted molar refractivity (Wildman–Crippen MR) is 142 cm³/mol. The van der Waals surface area contributed by atoms with Crippen molar-refractivity contribution in [2.45, 2.75) is 58.2 Å². The van der Waals surface area contributed by atoms with Crippen molar-refractivity contribution >= 4 is 58.2 Å². The fourth-order valence-corrected chi connectivity index (χ4v) is 4.03. The minimum atomic E-state index is -0.667. The van der Waals surface area contributed by atoms with Crippen LogP contribution < -0.4 is 20.1 Å². The molecule has 0 aromatic heterocycles. The highest BCUT2D eigenvalue weighted by Gasteiger charge is 2.17. The van der Waals surface area contributed by atoms with Crippen molar-refractivity contribution < 1.29 is 19.1 Å². The van der Waals surface area contributed by atoms with Gasteiger partial charge in [0.25, 0.3) is 11.8 Å². The summed E-state index contributed by atoms with van der Waals surface area (Å²) in [5, 5.41) is 7.47. The zero-order valence-electron chi connectivity index (χ0n) is 19.7. The fourth-order valence-electron chi connectivity index (χ4n) is 3.12. The van der Waals surface area contributed by atoms with E-state index < -0.39 is 12.2 Å². The van der Waals surface area contributed by atoms with Crippen LogP contribution in [0.5, 0.6) is 11.5 Å². The normalized spacial score (nSPS) is 12.5. The molecule has 0 bridgehead atoms. The number of carbonyl (C=O) groups is 2. The minimum Gasteiger partial charge on any atom is -0.479 e. The second-order valence-corrected chi connectivity index (χ2v) is 9.71. The summed E-state index contributed by atoms with van der Waals surface area (Å²) in [6, 6.07) is 9.73. The Labute approximate surface area is 226 Å². The zero-order valence-corrected chi connectivity index (χ0v) is 22.7. The maximum Gasteiger partial charge on any atom is 0.260 e. The van der Waals surface area contributed by atoms with Crippen LogP contribution in [-0.4, -0.2) is 37.1 Å². The topological polar surface area (TPSA) is 76.7 Å². The van der Waals surface area contributed by atoms with Crippen molar-refractivity contribution in [2.24, 2.45) is 0 Å². The standard InChI is InChI=1S/C25H30Cl4N2O4/c1-16(34-22-10-8-18(26)14-20(22)28)24(32)30-12-6-4-3-5-7-13-31-25(33)17(2)35-23-11-9-19(27)15-21(23)29/h8-11,14-17H,3-7,12-13H2,1-2H3,(H,30,32)(H,31,33). The fraction of sp³-hybridized carbons (Fsp3) is 0.440. The molecule has 2 atom stereocenters. The van der Waals surface area contributed by atoms with E-state index in [1.165, 1.54) is 0 Å². The van der Waals surface area contributed by atoms with Crippen LogP contribution in [0.2, 0.25) is 20.1 Å². The Balaban J connectivity index is 1.51. The molecular weight excluding hydrogens is 534 g/mol. The lowest BCUT2D eigenvalue weighted by atomic mass is 10.1. The third kappa shape index (κ3) is 10.7. The van der Waals surface area contributed by atoms with E-state index >= 15 is 0 Å². The smallest absolute Gasteiger partial charge is 0.260 e. The third-order valence-corrected chi connectivity index (χ3v) is 6.15. The molecule has 35 heavy (non-hydrogen) atoms. The highest BCUT2D eigenvalue weighted by atomic mass is 35.5. The summed E-state index contributed by atoms with van der Waals surface area (Å²) in [5.74, 6) is 0.436. The molecule has 0 saturated heterocycles.